The maximum Gasteiger partial charge on any atom is 0.285 e. The average Bonchev–Trinajstić information content (AvgIpc) is 2.89. The van der Waals surface area contributed by atoms with Crippen LogP contribution in [0.25, 0.3) is 0 Å². The third kappa shape index (κ3) is 4.88. The average molecular weight is 371 g/mol. The summed E-state index contributed by atoms with van der Waals surface area (Å²) in [5.41, 5.74) is -0.801. The van der Waals surface area contributed by atoms with E-state index in [4.69, 9.17) is 0 Å². The number of unbranched alkanes of at least 4 members (excludes halogenated alkanes) is 1. The minimum Gasteiger partial charge on any atom is -0.337 e. The van der Waals surface area contributed by atoms with E-state index in [2.05, 4.69) is 0 Å². The minimum absolute atomic E-state index is 0.0460. The van der Waals surface area contributed by atoms with Crippen LogP contribution in [0.4, 0.5) is 5.69 Å². The maximum atomic E-state index is 12.7. The smallest absolute Gasteiger partial charge is 0.285 e. The van der Waals surface area contributed by atoms with Crippen molar-refractivity contribution >= 4 is 21.4 Å². The standard InChI is InChI=1S/C15H21N3O6S/c1-2-3-7-17(13-6-8-25(23,24)11-13)15(20)10-16-9-12(18(21)22)4-5-14(16)19/h4-5,9,13H,2-3,6-8,10-11H2,1H3/t13-/m0/s1. The number of hydrogen-bond donors (Lipinski definition) is 0. The lowest BCUT2D eigenvalue weighted by Gasteiger charge is -2.28. The van der Waals surface area contributed by atoms with Crippen LogP contribution in [-0.4, -0.2) is 52.8 Å². The van der Waals surface area contributed by atoms with Gasteiger partial charge in [-0.15, -0.1) is 0 Å². The second kappa shape index (κ2) is 7.77. The van der Waals surface area contributed by atoms with Crippen LogP contribution in [0.3, 0.4) is 0 Å². The summed E-state index contributed by atoms with van der Waals surface area (Å²) in [6, 6.07) is 1.72. The molecule has 1 fully saturated rings. The fourth-order valence-corrected chi connectivity index (χ4v) is 4.58. The van der Waals surface area contributed by atoms with Crippen molar-refractivity contribution < 1.29 is 18.1 Å². The highest BCUT2D eigenvalue weighted by molar-refractivity contribution is 7.91. The summed E-state index contributed by atoms with van der Waals surface area (Å²) in [6.45, 7) is 2.01. The van der Waals surface area contributed by atoms with Crippen LogP contribution in [0.2, 0.25) is 0 Å². The Morgan fingerprint density at radius 1 is 1.44 bits per heavy atom. The lowest BCUT2D eigenvalue weighted by atomic mass is 10.2. The van der Waals surface area contributed by atoms with E-state index in [0.717, 1.165) is 29.3 Å². The molecule has 138 valence electrons. The van der Waals surface area contributed by atoms with Gasteiger partial charge in [-0.25, -0.2) is 8.42 Å². The van der Waals surface area contributed by atoms with Gasteiger partial charge >= 0.3 is 0 Å². The predicted molar refractivity (Wildman–Crippen MR) is 91.0 cm³/mol. The van der Waals surface area contributed by atoms with Gasteiger partial charge < -0.3 is 4.90 Å². The quantitative estimate of drug-likeness (QED) is 0.510. The molecule has 9 nitrogen and oxygen atoms in total. The first-order valence-electron chi connectivity index (χ1n) is 8.08. The summed E-state index contributed by atoms with van der Waals surface area (Å²) < 4.78 is 24.4. The number of amides is 1. The Kier molecular flexibility index (Phi) is 5.93. The molecular formula is C15H21N3O6S. The Morgan fingerprint density at radius 3 is 2.72 bits per heavy atom. The second-order valence-electron chi connectivity index (χ2n) is 6.11. The zero-order chi connectivity index (χ0) is 18.6. The summed E-state index contributed by atoms with van der Waals surface area (Å²) in [7, 11) is -3.15. The van der Waals surface area contributed by atoms with Gasteiger partial charge in [0.05, 0.1) is 22.6 Å². The first-order chi connectivity index (χ1) is 11.7. The number of nitro groups is 1. The second-order valence-corrected chi connectivity index (χ2v) is 8.34. The fourth-order valence-electron chi connectivity index (χ4n) is 2.85. The summed E-state index contributed by atoms with van der Waals surface area (Å²) >= 11 is 0. The molecule has 1 aromatic rings. The van der Waals surface area contributed by atoms with Crippen molar-refractivity contribution in [1.29, 1.82) is 0 Å². The van der Waals surface area contributed by atoms with Crippen molar-refractivity contribution in [3.63, 3.8) is 0 Å². The van der Waals surface area contributed by atoms with Gasteiger partial charge in [0.1, 0.15) is 6.54 Å². The number of aromatic nitrogens is 1. The number of nitrogens with zero attached hydrogens (tertiary/aromatic N) is 3. The van der Waals surface area contributed by atoms with Crippen LogP contribution >= 0.6 is 0 Å². The summed E-state index contributed by atoms with van der Waals surface area (Å²) in [5, 5.41) is 10.8. The van der Waals surface area contributed by atoms with E-state index >= 15 is 0 Å². The molecule has 1 saturated heterocycles. The summed E-state index contributed by atoms with van der Waals surface area (Å²) in [6.07, 6.45) is 2.96. The highest BCUT2D eigenvalue weighted by Gasteiger charge is 2.34. The Morgan fingerprint density at radius 2 is 2.16 bits per heavy atom. The van der Waals surface area contributed by atoms with Gasteiger partial charge in [-0.2, -0.15) is 0 Å². The molecule has 1 amide bonds. The minimum atomic E-state index is -3.15. The van der Waals surface area contributed by atoms with Crippen LogP contribution in [0.5, 0.6) is 0 Å². The van der Waals surface area contributed by atoms with Gasteiger partial charge in [0, 0.05) is 24.7 Å². The molecule has 0 saturated carbocycles. The normalized spacial score (nSPS) is 18.8. The monoisotopic (exact) mass is 371 g/mol. The largest absolute Gasteiger partial charge is 0.337 e. The molecule has 0 aromatic carbocycles. The molecule has 1 atom stereocenters. The maximum absolute atomic E-state index is 12.7. The molecule has 0 radical (unpaired) electrons. The van der Waals surface area contributed by atoms with E-state index < -0.39 is 32.3 Å². The number of pyridine rings is 1. The lowest BCUT2D eigenvalue weighted by Crippen LogP contribution is -2.44. The van der Waals surface area contributed by atoms with Gasteiger partial charge in [-0.1, -0.05) is 13.3 Å². The van der Waals surface area contributed by atoms with E-state index in [1.807, 2.05) is 6.92 Å². The van der Waals surface area contributed by atoms with E-state index in [9.17, 15) is 28.1 Å². The van der Waals surface area contributed by atoms with Crippen LogP contribution < -0.4 is 5.56 Å². The van der Waals surface area contributed by atoms with Gasteiger partial charge in [0.2, 0.25) is 5.91 Å². The topological polar surface area (TPSA) is 120 Å². The van der Waals surface area contributed by atoms with E-state index in [1.54, 1.807) is 0 Å². The molecule has 1 aromatic heterocycles. The van der Waals surface area contributed by atoms with Gasteiger partial charge in [-0.3, -0.25) is 24.3 Å². The van der Waals surface area contributed by atoms with Gasteiger partial charge in [0.15, 0.2) is 9.84 Å². The molecule has 0 aliphatic carbocycles. The number of sulfone groups is 1. The molecule has 25 heavy (non-hydrogen) atoms. The van der Waals surface area contributed by atoms with Crippen LogP contribution in [0.15, 0.2) is 23.1 Å². The third-order valence-electron chi connectivity index (χ3n) is 4.21. The number of rotatable bonds is 7. The highest BCUT2D eigenvalue weighted by Crippen LogP contribution is 2.19. The van der Waals surface area contributed by atoms with Crippen molar-refractivity contribution in [2.24, 2.45) is 0 Å². The summed E-state index contributed by atoms with van der Waals surface area (Å²) in [5.74, 6) is -0.436. The predicted octanol–water partition coefficient (Wildman–Crippen LogP) is 0.572. The van der Waals surface area contributed by atoms with Crippen molar-refractivity contribution in [2.45, 2.75) is 38.8 Å². The van der Waals surface area contributed by atoms with E-state index in [1.165, 1.54) is 4.90 Å². The molecule has 0 N–H and O–H groups in total. The number of carbonyl (C=O) groups is 1. The highest BCUT2D eigenvalue weighted by atomic mass is 32.2. The Bertz CT molecular complexity index is 817. The first-order valence-corrected chi connectivity index (χ1v) is 9.90. The van der Waals surface area contributed by atoms with Gasteiger partial charge in [-0.05, 0) is 12.8 Å². The van der Waals surface area contributed by atoms with Crippen molar-refractivity contribution in [3.05, 3.63) is 38.8 Å². The zero-order valence-electron chi connectivity index (χ0n) is 14.0. The molecular weight excluding hydrogens is 350 g/mol. The van der Waals surface area contributed by atoms with Crippen molar-refractivity contribution in [2.75, 3.05) is 18.1 Å². The van der Waals surface area contributed by atoms with Crippen molar-refractivity contribution in [1.82, 2.24) is 9.47 Å². The van der Waals surface area contributed by atoms with Gasteiger partial charge in [0.25, 0.3) is 11.2 Å². The molecule has 1 aliphatic rings. The molecule has 0 unspecified atom stereocenters. The van der Waals surface area contributed by atoms with E-state index in [0.29, 0.717) is 19.4 Å². The Balaban J connectivity index is 2.21. The molecule has 2 rings (SSSR count). The van der Waals surface area contributed by atoms with Crippen LogP contribution in [0.1, 0.15) is 26.2 Å². The fraction of sp³-hybridized carbons (Fsp3) is 0.600. The number of hydrogen-bond acceptors (Lipinski definition) is 6. The third-order valence-corrected chi connectivity index (χ3v) is 5.96. The first kappa shape index (κ1) is 19.1. The van der Waals surface area contributed by atoms with Crippen LogP contribution in [-0.2, 0) is 21.2 Å². The van der Waals surface area contributed by atoms with Crippen LogP contribution in [0, 0.1) is 10.1 Å². The Labute approximate surface area is 145 Å². The molecule has 2 heterocycles. The molecule has 0 bridgehead atoms. The molecule has 1 aliphatic heterocycles. The number of carbonyl (C=O) groups excluding carboxylic acids is 1. The van der Waals surface area contributed by atoms with Crippen molar-refractivity contribution in [3.8, 4) is 0 Å². The van der Waals surface area contributed by atoms with E-state index in [-0.39, 0.29) is 23.7 Å². The summed E-state index contributed by atoms with van der Waals surface area (Å²) in [4.78, 5) is 36.2. The lowest BCUT2D eigenvalue weighted by molar-refractivity contribution is -0.385. The zero-order valence-corrected chi connectivity index (χ0v) is 14.8. The SMILES string of the molecule is CCCCN(C(=O)Cn1cc([N+](=O)[O-])ccc1=O)[C@H]1CCS(=O)(=O)C1. The Hall–Kier alpha value is -2.23. The molecule has 10 heteroatoms. The molecule has 0 spiro atoms.